The highest BCUT2D eigenvalue weighted by molar-refractivity contribution is 5.87. The second kappa shape index (κ2) is 14.7. The summed E-state index contributed by atoms with van der Waals surface area (Å²) in [6.07, 6.45) is 6.59. The monoisotopic (exact) mass is 764 g/mol. The van der Waals surface area contributed by atoms with Crippen LogP contribution in [0.5, 0.6) is 0 Å². The molecule has 0 amide bonds. The summed E-state index contributed by atoms with van der Waals surface area (Å²) < 4.78 is 0. The third-order valence-electron chi connectivity index (χ3n) is 13.3. The predicted octanol–water partition coefficient (Wildman–Crippen LogP) is 16.7. The lowest BCUT2D eigenvalue weighted by Gasteiger charge is -2.31. The Morgan fingerprint density at radius 2 is 0.966 bits per heavy atom. The summed E-state index contributed by atoms with van der Waals surface area (Å²) in [5.41, 5.74) is 19.8. The van der Waals surface area contributed by atoms with Crippen molar-refractivity contribution in [1.29, 1.82) is 0 Å². The minimum absolute atomic E-state index is 0.0430. The van der Waals surface area contributed by atoms with Crippen molar-refractivity contribution < 1.29 is 0 Å². The smallest absolute Gasteiger partial charge is 0.0470 e. The molecule has 6 aromatic carbocycles. The number of benzene rings is 6. The molecular formula is C57H65N. The normalized spacial score (nSPS) is 15.6. The summed E-state index contributed by atoms with van der Waals surface area (Å²) in [4.78, 5) is 2.55. The molecule has 0 aromatic heterocycles. The fourth-order valence-corrected chi connectivity index (χ4v) is 9.49. The van der Waals surface area contributed by atoms with Gasteiger partial charge in [0.25, 0.3) is 0 Å². The highest BCUT2D eigenvalue weighted by Gasteiger charge is 2.36. The van der Waals surface area contributed by atoms with Crippen molar-refractivity contribution in [2.45, 2.75) is 136 Å². The van der Waals surface area contributed by atoms with E-state index in [9.17, 15) is 0 Å². The molecule has 1 nitrogen and oxygen atoms in total. The lowest BCUT2D eigenvalue weighted by molar-refractivity contribution is 0.443. The zero-order chi connectivity index (χ0) is 41.2. The Kier molecular flexibility index (Phi) is 10.1. The van der Waals surface area contributed by atoms with Crippen molar-refractivity contribution >= 4 is 17.1 Å². The van der Waals surface area contributed by atoms with Gasteiger partial charge in [-0.2, -0.15) is 0 Å². The average Bonchev–Trinajstić information content (AvgIpc) is 3.42. The molecule has 0 atom stereocenters. The summed E-state index contributed by atoms with van der Waals surface area (Å²) in [5.74, 6) is 0.627. The molecule has 1 heteroatoms. The van der Waals surface area contributed by atoms with Crippen LogP contribution in [0.25, 0.3) is 33.4 Å². The van der Waals surface area contributed by atoms with E-state index in [2.05, 4.69) is 208 Å². The third kappa shape index (κ3) is 7.70. The number of hydrogen-bond acceptors (Lipinski definition) is 1. The molecule has 2 aliphatic carbocycles. The Hall–Kier alpha value is -4.88. The molecule has 0 unspecified atom stereocenters. The van der Waals surface area contributed by atoms with Gasteiger partial charge < -0.3 is 4.90 Å². The molecule has 8 rings (SSSR count). The standard InChI is InChI=1S/C57H65N/c1-54(2,3)44-30-42(31-45(35-44)55(4,5)6)39-24-26-40(27-25-39)43-32-46(56(7,8)9)36-49(34-43)58(47-21-17-20-41(33-47)38-18-13-12-14-19-38)48-28-29-51-50-22-15-16-23-52(50)57(10,11)53(51)37-48/h15-17,20-38H,12-14,18-19H2,1-11H3. The maximum Gasteiger partial charge on any atom is 0.0470 e. The third-order valence-corrected chi connectivity index (χ3v) is 13.3. The number of rotatable bonds is 6. The van der Waals surface area contributed by atoms with Gasteiger partial charge in [-0.05, 0) is 138 Å². The van der Waals surface area contributed by atoms with Gasteiger partial charge >= 0.3 is 0 Å². The number of nitrogens with zero attached hydrogens (tertiary/aromatic N) is 1. The molecule has 0 aliphatic heterocycles. The van der Waals surface area contributed by atoms with Gasteiger partial charge in [-0.25, -0.2) is 0 Å². The van der Waals surface area contributed by atoms with Crippen LogP contribution in [0.15, 0.2) is 127 Å². The van der Waals surface area contributed by atoms with E-state index in [0.29, 0.717) is 5.92 Å². The van der Waals surface area contributed by atoms with Gasteiger partial charge in [0.05, 0.1) is 0 Å². The van der Waals surface area contributed by atoms with Crippen LogP contribution in [0.3, 0.4) is 0 Å². The van der Waals surface area contributed by atoms with E-state index >= 15 is 0 Å². The van der Waals surface area contributed by atoms with Crippen LogP contribution in [-0.2, 0) is 21.7 Å². The Bertz CT molecular complexity index is 2420. The maximum absolute atomic E-state index is 2.55. The molecule has 6 aromatic rings. The van der Waals surface area contributed by atoms with Crippen LogP contribution < -0.4 is 4.90 Å². The summed E-state index contributed by atoms with van der Waals surface area (Å²) in [7, 11) is 0. The Morgan fingerprint density at radius 3 is 1.57 bits per heavy atom. The van der Waals surface area contributed by atoms with Crippen LogP contribution in [0.1, 0.15) is 148 Å². The van der Waals surface area contributed by atoms with Crippen LogP contribution >= 0.6 is 0 Å². The fraction of sp³-hybridized carbons (Fsp3) is 0.368. The second-order valence-electron chi connectivity index (χ2n) is 21.1. The SMILES string of the molecule is CC(C)(C)c1cc(-c2ccc(-c3cc(C(C)(C)C)cc(C(C)(C)C)c3)cc2)cc(N(c2cccc(C3CCCCC3)c2)c2ccc3c(c2)C(C)(C)c2ccccc2-3)c1. The van der Waals surface area contributed by atoms with Gasteiger partial charge in [-0.3, -0.25) is 0 Å². The maximum atomic E-state index is 2.55. The molecule has 0 radical (unpaired) electrons. The van der Waals surface area contributed by atoms with E-state index in [1.165, 1.54) is 116 Å². The van der Waals surface area contributed by atoms with Crippen molar-refractivity contribution in [2.24, 2.45) is 0 Å². The first-order valence-corrected chi connectivity index (χ1v) is 21.9. The van der Waals surface area contributed by atoms with Crippen molar-refractivity contribution in [1.82, 2.24) is 0 Å². The van der Waals surface area contributed by atoms with E-state index in [4.69, 9.17) is 0 Å². The van der Waals surface area contributed by atoms with E-state index in [1.807, 2.05) is 0 Å². The molecule has 0 bridgehead atoms. The molecule has 1 saturated carbocycles. The first-order chi connectivity index (χ1) is 27.4. The van der Waals surface area contributed by atoms with E-state index < -0.39 is 0 Å². The number of anilines is 3. The predicted molar refractivity (Wildman–Crippen MR) is 251 cm³/mol. The molecule has 0 saturated heterocycles. The fourth-order valence-electron chi connectivity index (χ4n) is 9.49. The molecule has 298 valence electrons. The van der Waals surface area contributed by atoms with E-state index in [-0.39, 0.29) is 21.7 Å². The summed E-state index contributed by atoms with van der Waals surface area (Å²) in [5, 5.41) is 0. The quantitative estimate of drug-likeness (QED) is 0.163. The van der Waals surface area contributed by atoms with Crippen LogP contribution in [-0.4, -0.2) is 0 Å². The van der Waals surface area contributed by atoms with Crippen molar-refractivity contribution in [2.75, 3.05) is 4.90 Å². The van der Waals surface area contributed by atoms with Gasteiger partial charge in [0.15, 0.2) is 0 Å². The molecule has 2 aliphatic rings. The Labute approximate surface area is 350 Å². The number of fused-ring (bicyclic) bond motifs is 3. The molecule has 58 heavy (non-hydrogen) atoms. The highest BCUT2D eigenvalue weighted by atomic mass is 15.1. The average molecular weight is 764 g/mol. The molecule has 0 heterocycles. The number of hydrogen-bond donors (Lipinski definition) is 0. The van der Waals surface area contributed by atoms with Crippen LogP contribution in [0.2, 0.25) is 0 Å². The van der Waals surface area contributed by atoms with Gasteiger partial charge in [-0.15, -0.1) is 0 Å². The zero-order valence-electron chi connectivity index (χ0n) is 37.2. The topological polar surface area (TPSA) is 3.24 Å². The van der Waals surface area contributed by atoms with Crippen LogP contribution in [0, 0.1) is 0 Å². The van der Waals surface area contributed by atoms with Crippen molar-refractivity contribution in [3.8, 4) is 33.4 Å². The minimum atomic E-state index is -0.0856. The summed E-state index contributed by atoms with van der Waals surface area (Å²) in [6.45, 7) is 25.7. The first kappa shape index (κ1) is 39.9. The summed E-state index contributed by atoms with van der Waals surface area (Å²) in [6, 6.07) is 49.6. The van der Waals surface area contributed by atoms with Gasteiger partial charge in [0.1, 0.15) is 0 Å². The van der Waals surface area contributed by atoms with Crippen molar-refractivity contribution in [3.63, 3.8) is 0 Å². The van der Waals surface area contributed by atoms with Crippen LogP contribution in [0.4, 0.5) is 17.1 Å². The zero-order valence-corrected chi connectivity index (χ0v) is 37.2. The van der Waals surface area contributed by atoms with Gasteiger partial charge in [0, 0.05) is 22.5 Å². The largest absolute Gasteiger partial charge is 0.310 e. The molecule has 0 spiro atoms. The second-order valence-corrected chi connectivity index (χ2v) is 21.1. The van der Waals surface area contributed by atoms with Crippen molar-refractivity contribution in [3.05, 3.63) is 161 Å². The van der Waals surface area contributed by atoms with Gasteiger partial charge in [-0.1, -0.05) is 186 Å². The Morgan fingerprint density at radius 1 is 0.431 bits per heavy atom. The Balaban J connectivity index is 1.27. The van der Waals surface area contributed by atoms with E-state index in [0.717, 1.165) is 0 Å². The van der Waals surface area contributed by atoms with E-state index in [1.54, 1.807) is 0 Å². The molecule has 0 N–H and O–H groups in total. The summed E-state index contributed by atoms with van der Waals surface area (Å²) >= 11 is 0. The lowest BCUT2D eigenvalue weighted by Crippen LogP contribution is -2.17. The lowest BCUT2D eigenvalue weighted by atomic mass is 9.79. The van der Waals surface area contributed by atoms with Gasteiger partial charge in [0.2, 0.25) is 0 Å². The minimum Gasteiger partial charge on any atom is -0.310 e. The molecule has 1 fully saturated rings. The highest BCUT2D eigenvalue weighted by Crippen LogP contribution is 2.51. The molecular weight excluding hydrogens is 699 g/mol. The first-order valence-electron chi connectivity index (χ1n) is 21.9.